The van der Waals surface area contributed by atoms with E-state index in [1.165, 1.54) is 0 Å². The third kappa shape index (κ3) is 3.01. The predicted molar refractivity (Wildman–Crippen MR) is 74.1 cm³/mol. The molecule has 102 valence electrons. The molecular formula is C13H19N5O. The van der Waals surface area contributed by atoms with E-state index in [2.05, 4.69) is 20.7 Å². The quantitative estimate of drug-likeness (QED) is 0.852. The van der Waals surface area contributed by atoms with E-state index < -0.39 is 0 Å². The Kier molecular flexibility index (Phi) is 3.99. The summed E-state index contributed by atoms with van der Waals surface area (Å²) in [4.78, 5) is 16.1. The minimum absolute atomic E-state index is 0.0440. The van der Waals surface area contributed by atoms with E-state index in [4.69, 9.17) is 0 Å². The molecule has 0 aliphatic rings. The molecule has 1 atom stereocenters. The molecule has 0 saturated heterocycles. The van der Waals surface area contributed by atoms with E-state index in [0.717, 1.165) is 17.6 Å². The standard InChI is InChI=1S/C13H19N5O/c1-4-7-14-12(19)10(3)15-13-16-11-9(2)6-5-8-18(11)17-13/h5-6,8,10H,4,7H2,1-3H3,(H,14,19)(H,15,17). The van der Waals surface area contributed by atoms with Gasteiger partial charge in [0.15, 0.2) is 5.65 Å². The summed E-state index contributed by atoms with van der Waals surface area (Å²) in [7, 11) is 0. The number of hydrogen-bond donors (Lipinski definition) is 2. The van der Waals surface area contributed by atoms with Crippen molar-refractivity contribution in [2.24, 2.45) is 0 Å². The number of nitrogens with one attached hydrogen (secondary N) is 2. The van der Waals surface area contributed by atoms with Gasteiger partial charge in [-0.3, -0.25) is 4.79 Å². The topological polar surface area (TPSA) is 71.3 Å². The first-order valence-electron chi connectivity index (χ1n) is 6.48. The van der Waals surface area contributed by atoms with Crippen LogP contribution >= 0.6 is 0 Å². The number of anilines is 1. The number of aromatic nitrogens is 3. The van der Waals surface area contributed by atoms with Gasteiger partial charge in [-0.15, -0.1) is 5.10 Å². The maximum absolute atomic E-state index is 11.8. The number of aryl methyl sites for hydroxylation is 1. The third-order valence-electron chi connectivity index (χ3n) is 2.85. The summed E-state index contributed by atoms with van der Waals surface area (Å²) >= 11 is 0. The van der Waals surface area contributed by atoms with Crippen molar-refractivity contribution in [3.63, 3.8) is 0 Å². The van der Waals surface area contributed by atoms with Gasteiger partial charge in [0.1, 0.15) is 6.04 Å². The lowest BCUT2D eigenvalue weighted by molar-refractivity contribution is -0.121. The van der Waals surface area contributed by atoms with Crippen LogP contribution in [0.4, 0.5) is 5.95 Å². The molecule has 2 aromatic heterocycles. The van der Waals surface area contributed by atoms with Gasteiger partial charge >= 0.3 is 0 Å². The molecule has 2 aromatic rings. The summed E-state index contributed by atoms with van der Waals surface area (Å²) in [5, 5.41) is 10.1. The maximum Gasteiger partial charge on any atom is 0.243 e. The molecule has 1 amide bonds. The highest BCUT2D eigenvalue weighted by Crippen LogP contribution is 2.10. The van der Waals surface area contributed by atoms with Gasteiger partial charge in [0.2, 0.25) is 11.9 Å². The first-order chi connectivity index (χ1) is 9.11. The van der Waals surface area contributed by atoms with Crippen molar-refractivity contribution in [3.05, 3.63) is 23.9 Å². The average Bonchev–Trinajstić information content (AvgIpc) is 2.79. The maximum atomic E-state index is 11.8. The summed E-state index contributed by atoms with van der Waals surface area (Å²) in [6.45, 7) is 6.47. The zero-order valence-corrected chi connectivity index (χ0v) is 11.5. The molecule has 2 N–H and O–H groups in total. The summed E-state index contributed by atoms with van der Waals surface area (Å²) in [5.74, 6) is 0.422. The van der Waals surface area contributed by atoms with Crippen LogP contribution in [0.2, 0.25) is 0 Å². The van der Waals surface area contributed by atoms with Crippen LogP contribution in [0.3, 0.4) is 0 Å². The van der Waals surface area contributed by atoms with E-state index in [9.17, 15) is 4.79 Å². The third-order valence-corrected chi connectivity index (χ3v) is 2.85. The van der Waals surface area contributed by atoms with Crippen molar-refractivity contribution in [3.8, 4) is 0 Å². The number of carbonyl (C=O) groups excluding carboxylic acids is 1. The van der Waals surface area contributed by atoms with Gasteiger partial charge < -0.3 is 10.6 Å². The van der Waals surface area contributed by atoms with Crippen LogP contribution < -0.4 is 10.6 Å². The number of amides is 1. The highest BCUT2D eigenvalue weighted by molar-refractivity contribution is 5.83. The van der Waals surface area contributed by atoms with Gasteiger partial charge in [0.25, 0.3) is 0 Å². The van der Waals surface area contributed by atoms with Crippen LogP contribution in [0.1, 0.15) is 25.8 Å². The largest absolute Gasteiger partial charge is 0.354 e. The van der Waals surface area contributed by atoms with E-state index in [-0.39, 0.29) is 11.9 Å². The Hall–Kier alpha value is -2.11. The molecule has 0 spiro atoms. The second kappa shape index (κ2) is 5.69. The molecule has 2 heterocycles. The van der Waals surface area contributed by atoms with Crippen LogP contribution in [0.5, 0.6) is 0 Å². The fourth-order valence-electron chi connectivity index (χ4n) is 1.76. The minimum Gasteiger partial charge on any atom is -0.354 e. The number of rotatable bonds is 5. The van der Waals surface area contributed by atoms with E-state index in [1.807, 2.05) is 32.2 Å². The van der Waals surface area contributed by atoms with Crippen molar-refractivity contribution >= 4 is 17.5 Å². The molecular weight excluding hydrogens is 242 g/mol. The molecule has 0 saturated carbocycles. The van der Waals surface area contributed by atoms with Crippen molar-refractivity contribution in [1.82, 2.24) is 19.9 Å². The lowest BCUT2D eigenvalue weighted by atomic mass is 10.3. The van der Waals surface area contributed by atoms with Crippen LogP contribution in [0, 0.1) is 6.92 Å². The molecule has 19 heavy (non-hydrogen) atoms. The van der Waals surface area contributed by atoms with Gasteiger partial charge in [-0.2, -0.15) is 4.98 Å². The van der Waals surface area contributed by atoms with Crippen molar-refractivity contribution in [2.75, 3.05) is 11.9 Å². The van der Waals surface area contributed by atoms with Gasteiger partial charge in [-0.05, 0) is 31.9 Å². The highest BCUT2D eigenvalue weighted by Gasteiger charge is 2.14. The van der Waals surface area contributed by atoms with E-state index in [0.29, 0.717) is 12.5 Å². The molecule has 6 nitrogen and oxygen atoms in total. The molecule has 6 heteroatoms. The Bertz CT molecular complexity index is 577. The van der Waals surface area contributed by atoms with Crippen LogP contribution in [-0.2, 0) is 4.79 Å². The Morgan fingerprint density at radius 3 is 3.00 bits per heavy atom. The normalized spacial score (nSPS) is 12.4. The van der Waals surface area contributed by atoms with Crippen molar-refractivity contribution in [1.29, 1.82) is 0 Å². The van der Waals surface area contributed by atoms with Crippen molar-refractivity contribution in [2.45, 2.75) is 33.2 Å². The van der Waals surface area contributed by atoms with Crippen LogP contribution in [0.15, 0.2) is 18.3 Å². The van der Waals surface area contributed by atoms with Crippen LogP contribution in [-0.4, -0.2) is 33.1 Å². The molecule has 0 bridgehead atoms. The Morgan fingerprint density at radius 2 is 2.32 bits per heavy atom. The number of nitrogens with zero attached hydrogens (tertiary/aromatic N) is 3. The molecule has 0 aliphatic heterocycles. The summed E-state index contributed by atoms with van der Waals surface area (Å²) in [6.07, 6.45) is 2.76. The summed E-state index contributed by atoms with van der Waals surface area (Å²) < 4.78 is 1.70. The molecule has 1 unspecified atom stereocenters. The highest BCUT2D eigenvalue weighted by atomic mass is 16.2. The Morgan fingerprint density at radius 1 is 1.53 bits per heavy atom. The molecule has 0 radical (unpaired) electrons. The van der Waals surface area contributed by atoms with Gasteiger partial charge in [0.05, 0.1) is 0 Å². The average molecular weight is 261 g/mol. The van der Waals surface area contributed by atoms with Gasteiger partial charge in [-0.25, -0.2) is 4.52 Å². The SMILES string of the molecule is CCCNC(=O)C(C)Nc1nc2c(C)cccn2n1. The minimum atomic E-state index is -0.357. The molecule has 0 fully saturated rings. The number of fused-ring (bicyclic) bond motifs is 1. The number of carbonyl (C=O) groups is 1. The van der Waals surface area contributed by atoms with Gasteiger partial charge in [0, 0.05) is 12.7 Å². The monoisotopic (exact) mass is 261 g/mol. The lowest BCUT2D eigenvalue weighted by Gasteiger charge is -2.11. The van der Waals surface area contributed by atoms with E-state index in [1.54, 1.807) is 11.4 Å². The van der Waals surface area contributed by atoms with Crippen LogP contribution in [0.25, 0.3) is 5.65 Å². The smallest absolute Gasteiger partial charge is 0.243 e. The first-order valence-corrected chi connectivity index (χ1v) is 6.48. The van der Waals surface area contributed by atoms with E-state index >= 15 is 0 Å². The number of hydrogen-bond acceptors (Lipinski definition) is 4. The fraction of sp³-hybridized carbons (Fsp3) is 0.462. The fourth-order valence-corrected chi connectivity index (χ4v) is 1.76. The van der Waals surface area contributed by atoms with Gasteiger partial charge in [-0.1, -0.05) is 13.0 Å². The Labute approximate surface area is 112 Å². The second-order valence-corrected chi connectivity index (χ2v) is 4.55. The lowest BCUT2D eigenvalue weighted by Crippen LogP contribution is -2.38. The number of pyridine rings is 1. The second-order valence-electron chi connectivity index (χ2n) is 4.55. The first kappa shape index (κ1) is 13.3. The van der Waals surface area contributed by atoms with Crippen molar-refractivity contribution < 1.29 is 4.79 Å². The Balaban J connectivity index is 2.09. The summed E-state index contributed by atoms with van der Waals surface area (Å²) in [6, 6.07) is 3.54. The molecule has 2 rings (SSSR count). The zero-order chi connectivity index (χ0) is 13.8. The predicted octanol–water partition coefficient (Wildman–Crippen LogP) is 1.36. The molecule has 0 aromatic carbocycles. The zero-order valence-electron chi connectivity index (χ0n) is 11.5. The molecule has 0 aliphatic carbocycles. The summed E-state index contributed by atoms with van der Waals surface area (Å²) in [5.41, 5.74) is 1.84.